The maximum Gasteiger partial charge on any atom is 0.326 e. The predicted molar refractivity (Wildman–Crippen MR) is 76.0 cm³/mol. The molecule has 0 fully saturated rings. The number of aromatic nitrogens is 2. The number of hydrogen-bond donors (Lipinski definition) is 3. The molecule has 0 unspecified atom stereocenters. The van der Waals surface area contributed by atoms with E-state index in [1.54, 1.807) is 0 Å². The number of aromatic hydroxyl groups is 1. The molecule has 0 bridgehead atoms. The molecule has 0 atom stereocenters. The van der Waals surface area contributed by atoms with Crippen LogP contribution in [0.3, 0.4) is 0 Å². The molecule has 20 heavy (non-hydrogen) atoms. The molecule has 0 radical (unpaired) electrons. The topological polar surface area (TPSA) is 79.2 Å². The van der Waals surface area contributed by atoms with E-state index in [9.17, 15) is 9.90 Å². The van der Waals surface area contributed by atoms with Crippen molar-refractivity contribution in [2.75, 3.05) is 10.6 Å². The van der Waals surface area contributed by atoms with Crippen LogP contribution in [0.4, 0.5) is 16.4 Å². The number of amides is 2. The first kappa shape index (κ1) is 12.5. The number of hydrogen-bond acceptors (Lipinski definition) is 3. The molecular weight excluding hydrogens is 256 g/mol. The summed E-state index contributed by atoms with van der Waals surface area (Å²) in [6, 6.07) is 7.18. The van der Waals surface area contributed by atoms with Crippen LogP contribution in [0.25, 0.3) is 0 Å². The molecule has 6 heteroatoms. The average molecular weight is 272 g/mol. The van der Waals surface area contributed by atoms with Gasteiger partial charge < -0.3 is 15.0 Å². The maximum atomic E-state index is 12.0. The van der Waals surface area contributed by atoms with Crippen LogP contribution in [0.5, 0.6) is 5.88 Å². The van der Waals surface area contributed by atoms with Crippen LogP contribution < -0.4 is 10.6 Å². The van der Waals surface area contributed by atoms with Crippen molar-refractivity contribution in [2.45, 2.75) is 26.3 Å². The molecular formula is C14H16N4O2. The second kappa shape index (κ2) is 4.88. The maximum absolute atomic E-state index is 12.0. The van der Waals surface area contributed by atoms with Crippen LogP contribution in [0, 0.1) is 6.92 Å². The molecule has 1 aromatic heterocycles. The second-order valence-corrected chi connectivity index (χ2v) is 4.85. The van der Waals surface area contributed by atoms with E-state index in [0.29, 0.717) is 5.95 Å². The lowest BCUT2D eigenvalue weighted by Gasteiger charge is -2.09. The van der Waals surface area contributed by atoms with Crippen molar-refractivity contribution < 1.29 is 9.90 Å². The summed E-state index contributed by atoms with van der Waals surface area (Å²) in [4.78, 5) is 16.0. The van der Waals surface area contributed by atoms with Crippen LogP contribution in [0.15, 0.2) is 24.3 Å². The standard InChI is InChI=1S/C14H16N4O2/c1-9-5-2-3-6-10(9)15-14(20)17-13-16-12(19)11-7-4-8-18(11)13/h2-3,5-6,19H,4,7-8H2,1H3,(H2,15,16,17,20). The Morgan fingerprint density at radius 2 is 2.15 bits per heavy atom. The first-order valence-corrected chi connectivity index (χ1v) is 6.57. The van der Waals surface area contributed by atoms with E-state index in [0.717, 1.165) is 36.3 Å². The van der Waals surface area contributed by atoms with Crippen molar-refractivity contribution >= 4 is 17.7 Å². The van der Waals surface area contributed by atoms with Gasteiger partial charge in [-0.05, 0) is 31.4 Å². The minimum absolute atomic E-state index is 0.00805. The molecule has 1 aliphatic rings. The first-order chi connectivity index (χ1) is 9.65. The van der Waals surface area contributed by atoms with Gasteiger partial charge in [-0.1, -0.05) is 18.2 Å². The number of fused-ring (bicyclic) bond motifs is 1. The van der Waals surface area contributed by atoms with Crippen molar-refractivity contribution in [1.29, 1.82) is 0 Å². The lowest BCUT2D eigenvalue weighted by Crippen LogP contribution is -2.22. The minimum Gasteiger partial charge on any atom is -0.492 e. The fourth-order valence-electron chi connectivity index (χ4n) is 2.43. The third-order valence-corrected chi connectivity index (χ3v) is 3.47. The van der Waals surface area contributed by atoms with Gasteiger partial charge in [-0.25, -0.2) is 4.79 Å². The summed E-state index contributed by atoms with van der Waals surface area (Å²) < 4.78 is 1.84. The van der Waals surface area contributed by atoms with Crippen LogP contribution in [0.1, 0.15) is 17.7 Å². The lowest BCUT2D eigenvalue weighted by molar-refractivity contribution is 0.262. The van der Waals surface area contributed by atoms with E-state index in [-0.39, 0.29) is 11.9 Å². The van der Waals surface area contributed by atoms with Gasteiger partial charge in [0.25, 0.3) is 0 Å². The van der Waals surface area contributed by atoms with Crippen LogP contribution in [-0.4, -0.2) is 20.7 Å². The molecule has 2 aromatic rings. The number of anilines is 2. The molecule has 1 aliphatic heterocycles. The highest BCUT2D eigenvalue weighted by Crippen LogP contribution is 2.28. The molecule has 3 rings (SSSR count). The number of imidazole rings is 1. The van der Waals surface area contributed by atoms with Gasteiger partial charge in [0, 0.05) is 12.2 Å². The Labute approximate surface area is 116 Å². The lowest BCUT2D eigenvalue weighted by atomic mass is 10.2. The quantitative estimate of drug-likeness (QED) is 0.785. The van der Waals surface area contributed by atoms with Crippen LogP contribution >= 0.6 is 0 Å². The van der Waals surface area contributed by atoms with Crippen molar-refractivity contribution in [3.8, 4) is 5.88 Å². The van der Waals surface area contributed by atoms with Gasteiger partial charge in [-0.2, -0.15) is 4.98 Å². The summed E-state index contributed by atoms with van der Waals surface area (Å²) in [5, 5.41) is 15.1. The molecule has 0 saturated heterocycles. The van der Waals surface area contributed by atoms with Gasteiger partial charge in [-0.15, -0.1) is 0 Å². The summed E-state index contributed by atoms with van der Waals surface area (Å²) >= 11 is 0. The van der Waals surface area contributed by atoms with E-state index in [1.807, 2.05) is 35.8 Å². The summed E-state index contributed by atoms with van der Waals surface area (Å²) in [6.45, 7) is 2.69. The minimum atomic E-state index is -0.362. The molecule has 6 nitrogen and oxygen atoms in total. The summed E-state index contributed by atoms with van der Waals surface area (Å²) in [7, 11) is 0. The second-order valence-electron chi connectivity index (χ2n) is 4.85. The SMILES string of the molecule is Cc1ccccc1NC(=O)Nc1nc(O)c2n1CCC2. The van der Waals surface area contributed by atoms with Gasteiger partial charge in [0.1, 0.15) is 0 Å². The molecule has 2 amide bonds. The number of nitrogens with one attached hydrogen (secondary N) is 2. The zero-order chi connectivity index (χ0) is 14.1. The Hall–Kier alpha value is -2.50. The monoisotopic (exact) mass is 272 g/mol. The Morgan fingerprint density at radius 3 is 2.95 bits per heavy atom. The Balaban J connectivity index is 1.74. The molecule has 104 valence electrons. The third kappa shape index (κ3) is 2.20. The number of nitrogens with zero attached hydrogens (tertiary/aromatic N) is 2. The fraction of sp³-hybridized carbons (Fsp3) is 0.286. The Kier molecular flexibility index (Phi) is 3.06. The van der Waals surface area contributed by atoms with Crippen molar-refractivity contribution in [3.05, 3.63) is 35.5 Å². The summed E-state index contributed by atoms with van der Waals surface area (Å²) in [6.07, 6.45) is 1.75. The normalized spacial score (nSPS) is 13.1. The number of urea groups is 1. The van der Waals surface area contributed by atoms with Crippen molar-refractivity contribution in [2.24, 2.45) is 0 Å². The molecule has 0 aliphatic carbocycles. The molecule has 1 aromatic carbocycles. The van der Waals surface area contributed by atoms with E-state index in [4.69, 9.17) is 0 Å². The Bertz CT molecular complexity index is 663. The molecule has 0 spiro atoms. The van der Waals surface area contributed by atoms with E-state index >= 15 is 0 Å². The molecule has 0 saturated carbocycles. The van der Waals surface area contributed by atoms with Gasteiger partial charge in [-0.3, -0.25) is 5.32 Å². The van der Waals surface area contributed by atoms with Gasteiger partial charge in [0.05, 0.1) is 5.69 Å². The number of carbonyl (C=O) groups is 1. The largest absolute Gasteiger partial charge is 0.492 e. The van der Waals surface area contributed by atoms with E-state index in [2.05, 4.69) is 15.6 Å². The number of rotatable bonds is 2. The first-order valence-electron chi connectivity index (χ1n) is 6.57. The van der Waals surface area contributed by atoms with Gasteiger partial charge >= 0.3 is 6.03 Å². The van der Waals surface area contributed by atoms with Gasteiger partial charge in [0.2, 0.25) is 11.8 Å². The van der Waals surface area contributed by atoms with E-state index in [1.165, 1.54) is 0 Å². The highest BCUT2D eigenvalue weighted by atomic mass is 16.3. The summed E-state index contributed by atoms with van der Waals surface area (Å²) in [5.74, 6) is 0.398. The van der Waals surface area contributed by atoms with Gasteiger partial charge in [0.15, 0.2) is 0 Å². The van der Waals surface area contributed by atoms with Crippen molar-refractivity contribution in [3.63, 3.8) is 0 Å². The summed E-state index contributed by atoms with van der Waals surface area (Å²) in [5.41, 5.74) is 2.53. The number of benzene rings is 1. The zero-order valence-electron chi connectivity index (χ0n) is 11.2. The predicted octanol–water partition coefficient (Wildman–Crippen LogP) is 2.49. The van der Waals surface area contributed by atoms with E-state index < -0.39 is 0 Å². The molecule has 3 N–H and O–H groups in total. The average Bonchev–Trinajstić information content (AvgIpc) is 2.98. The fourth-order valence-corrected chi connectivity index (χ4v) is 2.43. The number of aryl methyl sites for hydroxylation is 1. The zero-order valence-corrected chi connectivity index (χ0v) is 11.2. The highest BCUT2D eigenvalue weighted by molar-refractivity contribution is 5.99. The molecule has 2 heterocycles. The smallest absolute Gasteiger partial charge is 0.326 e. The highest BCUT2D eigenvalue weighted by Gasteiger charge is 2.22. The Morgan fingerprint density at radius 1 is 1.35 bits per heavy atom. The van der Waals surface area contributed by atoms with Crippen molar-refractivity contribution in [1.82, 2.24) is 9.55 Å². The third-order valence-electron chi connectivity index (χ3n) is 3.47. The van der Waals surface area contributed by atoms with Crippen LogP contribution in [0.2, 0.25) is 0 Å². The number of para-hydroxylation sites is 1. The number of carbonyl (C=O) groups excluding carboxylic acids is 1. The van der Waals surface area contributed by atoms with Crippen LogP contribution in [-0.2, 0) is 13.0 Å².